The number of aliphatic hydroxyl groups excluding tert-OH is 2. The molecule has 0 aliphatic rings. The standard InChI is InChI=1S/C11H24O4/c1-9(12)7-15-8-11(13)6-4-5-10(2)14-3/h9-13H,4-8H2,1-3H3. The second-order valence-electron chi connectivity index (χ2n) is 4.02. The van der Waals surface area contributed by atoms with Crippen LogP contribution in [-0.2, 0) is 9.47 Å². The predicted octanol–water partition coefficient (Wildman–Crippen LogP) is 0.950. The van der Waals surface area contributed by atoms with Crippen LogP contribution in [-0.4, -0.2) is 48.8 Å². The fourth-order valence-electron chi connectivity index (χ4n) is 1.22. The van der Waals surface area contributed by atoms with Crippen molar-refractivity contribution < 1.29 is 19.7 Å². The lowest BCUT2D eigenvalue weighted by Crippen LogP contribution is -2.20. The first-order valence-electron chi connectivity index (χ1n) is 5.53. The van der Waals surface area contributed by atoms with E-state index in [9.17, 15) is 5.11 Å². The molecule has 0 aliphatic carbocycles. The van der Waals surface area contributed by atoms with Crippen LogP contribution in [0.1, 0.15) is 33.1 Å². The number of hydrogen-bond donors (Lipinski definition) is 2. The molecule has 0 saturated carbocycles. The molecule has 0 saturated heterocycles. The van der Waals surface area contributed by atoms with Crippen LogP contribution in [0, 0.1) is 0 Å². The average Bonchev–Trinajstić information content (AvgIpc) is 2.17. The molecule has 15 heavy (non-hydrogen) atoms. The van der Waals surface area contributed by atoms with E-state index in [4.69, 9.17) is 14.6 Å². The van der Waals surface area contributed by atoms with Gasteiger partial charge in [0.2, 0.25) is 0 Å². The summed E-state index contributed by atoms with van der Waals surface area (Å²) < 4.78 is 10.2. The maximum atomic E-state index is 9.50. The van der Waals surface area contributed by atoms with Crippen molar-refractivity contribution in [3.05, 3.63) is 0 Å². The summed E-state index contributed by atoms with van der Waals surface area (Å²) in [5.41, 5.74) is 0. The molecular formula is C11H24O4. The Morgan fingerprint density at radius 2 is 1.73 bits per heavy atom. The first-order chi connectivity index (χ1) is 7.06. The van der Waals surface area contributed by atoms with Crippen LogP contribution in [0.2, 0.25) is 0 Å². The SMILES string of the molecule is COC(C)CCCC(O)COCC(C)O. The molecule has 3 unspecified atom stereocenters. The number of ether oxygens (including phenoxy) is 2. The molecule has 4 nitrogen and oxygen atoms in total. The summed E-state index contributed by atoms with van der Waals surface area (Å²) in [5.74, 6) is 0. The molecule has 0 amide bonds. The highest BCUT2D eigenvalue weighted by Gasteiger charge is 2.06. The van der Waals surface area contributed by atoms with Crippen molar-refractivity contribution in [2.45, 2.75) is 51.4 Å². The molecule has 0 spiro atoms. The van der Waals surface area contributed by atoms with Gasteiger partial charge in [-0.2, -0.15) is 0 Å². The van der Waals surface area contributed by atoms with E-state index in [1.165, 1.54) is 0 Å². The Morgan fingerprint density at radius 1 is 1.07 bits per heavy atom. The summed E-state index contributed by atoms with van der Waals surface area (Å²) in [4.78, 5) is 0. The van der Waals surface area contributed by atoms with Crippen LogP contribution in [0.5, 0.6) is 0 Å². The zero-order valence-corrected chi connectivity index (χ0v) is 9.98. The number of methoxy groups -OCH3 is 1. The van der Waals surface area contributed by atoms with Crippen LogP contribution in [0.3, 0.4) is 0 Å². The zero-order chi connectivity index (χ0) is 11.7. The maximum absolute atomic E-state index is 9.50. The second-order valence-corrected chi connectivity index (χ2v) is 4.02. The molecule has 0 aromatic carbocycles. The van der Waals surface area contributed by atoms with Crippen molar-refractivity contribution in [3.63, 3.8) is 0 Å². The van der Waals surface area contributed by atoms with Gasteiger partial charge in [-0.05, 0) is 33.1 Å². The van der Waals surface area contributed by atoms with E-state index in [0.29, 0.717) is 13.0 Å². The van der Waals surface area contributed by atoms with E-state index in [0.717, 1.165) is 12.8 Å². The smallest absolute Gasteiger partial charge is 0.0773 e. The van der Waals surface area contributed by atoms with E-state index in [2.05, 4.69) is 0 Å². The molecule has 0 aromatic rings. The molecule has 2 N–H and O–H groups in total. The summed E-state index contributed by atoms with van der Waals surface area (Å²) in [6.45, 7) is 4.25. The fourth-order valence-corrected chi connectivity index (χ4v) is 1.22. The summed E-state index contributed by atoms with van der Waals surface area (Å²) in [6.07, 6.45) is 1.93. The third-order valence-corrected chi connectivity index (χ3v) is 2.22. The summed E-state index contributed by atoms with van der Waals surface area (Å²) in [7, 11) is 1.69. The number of rotatable bonds is 9. The van der Waals surface area contributed by atoms with Gasteiger partial charge in [-0.25, -0.2) is 0 Å². The van der Waals surface area contributed by atoms with Crippen molar-refractivity contribution in [2.75, 3.05) is 20.3 Å². The Hall–Kier alpha value is -0.160. The normalized spacial score (nSPS) is 17.4. The highest BCUT2D eigenvalue weighted by atomic mass is 16.5. The van der Waals surface area contributed by atoms with Crippen molar-refractivity contribution in [1.29, 1.82) is 0 Å². The topological polar surface area (TPSA) is 58.9 Å². The van der Waals surface area contributed by atoms with Crippen molar-refractivity contribution in [2.24, 2.45) is 0 Å². The van der Waals surface area contributed by atoms with Crippen LogP contribution in [0.15, 0.2) is 0 Å². The van der Waals surface area contributed by atoms with Crippen LogP contribution >= 0.6 is 0 Å². The minimum absolute atomic E-state index is 0.246. The summed E-state index contributed by atoms with van der Waals surface area (Å²) in [5, 5.41) is 18.4. The Kier molecular flexibility index (Phi) is 9.00. The third-order valence-electron chi connectivity index (χ3n) is 2.22. The molecule has 0 aliphatic heterocycles. The van der Waals surface area contributed by atoms with Crippen molar-refractivity contribution >= 4 is 0 Å². The van der Waals surface area contributed by atoms with Gasteiger partial charge in [0.25, 0.3) is 0 Å². The van der Waals surface area contributed by atoms with Gasteiger partial charge in [-0.15, -0.1) is 0 Å². The minimum atomic E-state index is -0.467. The van der Waals surface area contributed by atoms with E-state index in [-0.39, 0.29) is 12.7 Å². The van der Waals surface area contributed by atoms with Crippen LogP contribution < -0.4 is 0 Å². The molecule has 0 fully saturated rings. The maximum Gasteiger partial charge on any atom is 0.0773 e. The molecular weight excluding hydrogens is 196 g/mol. The molecule has 0 heterocycles. The Bertz CT molecular complexity index is 139. The highest BCUT2D eigenvalue weighted by Crippen LogP contribution is 2.06. The van der Waals surface area contributed by atoms with E-state index >= 15 is 0 Å². The number of aliphatic hydroxyl groups is 2. The lowest BCUT2D eigenvalue weighted by molar-refractivity contribution is -0.00622. The van der Waals surface area contributed by atoms with E-state index < -0.39 is 12.2 Å². The quantitative estimate of drug-likeness (QED) is 0.607. The molecule has 3 atom stereocenters. The van der Waals surface area contributed by atoms with Gasteiger partial charge in [0, 0.05) is 7.11 Å². The van der Waals surface area contributed by atoms with Gasteiger partial charge in [0.05, 0.1) is 31.5 Å². The third kappa shape index (κ3) is 10.1. The van der Waals surface area contributed by atoms with Gasteiger partial charge >= 0.3 is 0 Å². The van der Waals surface area contributed by atoms with Crippen LogP contribution in [0.4, 0.5) is 0 Å². The van der Waals surface area contributed by atoms with E-state index in [1.807, 2.05) is 6.92 Å². The van der Waals surface area contributed by atoms with Crippen molar-refractivity contribution in [1.82, 2.24) is 0 Å². The number of hydrogen-bond acceptors (Lipinski definition) is 4. The predicted molar refractivity (Wildman–Crippen MR) is 58.8 cm³/mol. The Morgan fingerprint density at radius 3 is 2.27 bits per heavy atom. The lowest BCUT2D eigenvalue weighted by atomic mass is 10.1. The minimum Gasteiger partial charge on any atom is -0.391 e. The highest BCUT2D eigenvalue weighted by molar-refractivity contribution is 4.57. The van der Waals surface area contributed by atoms with Gasteiger partial charge in [0.1, 0.15) is 0 Å². The molecule has 0 bridgehead atoms. The van der Waals surface area contributed by atoms with Gasteiger partial charge in [-0.3, -0.25) is 0 Å². The molecule has 92 valence electrons. The molecule has 0 radical (unpaired) electrons. The Balaban J connectivity index is 3.29. The summed E-state index contributed by atoms with van der Waals surface area (Å²) in [6, 6.07) is 0. The van der Waals surface area contributed by atoms with Gasteiger partial charge in [0.15, 0.2) is 0 Å². The lowest BCUT2D eigenvalue weighted by Gasteiger charge is -2.13. The first-order valence-corrected chi connectivity index (χ1v) is 5.53. The largest absolute Gasteiger partial charge is 0.391 e. The monoisotopic (exact) mass is 220 g/mol. The molecule has 0 rings (SSSR count). The average molecular weight is 220 g/mol. The second kappa shape index (κ2) is 9.09. The van der Waals surface area contributed by atoms with Crippen molar-refractivity contribution in [3.8, 4) is 0 Å². The summed E-state index contributed by atoms with van der Waals surface area (Å²) >= 11 is 0. The first kappa shape index (κ1) is 14.8. The zero-order valence-electron chi connectivity index (χ0n) is 9.98. The molecule has 4 heteroatoms. The molecule has 0 aromatic heterocycles. The fraction of sp³-hybridized carbons (Fsp3) is 1.00. The van der Waals surface area contributed by atoms with Gasteiger partial charge in [-0.1, -0.05) is 0 Å². The van der Waals surface area contributed by atoms with E-state index in [1.54, 1.807) is 14.0 Å². The Labute approximate surface area is 92.2 Å². The van der Waals surface area contributed by atoms with Crippen LogP contribution in [0.25, 0.3) is 0 Å². The van der Waals surface area contributed by atoms with Gasteiger partial charge < -0.3 is 19.7 Å².